The molecule has 29 heavy (non-hydrogen) atoms. The molecular weight excluding hydrogens is 404 g/mol. The van der Waals surface area contributed by atoms with Crippen LogP contribution in [0.25, 0.3) is 0 Å². The molecule has 1 aromatic carbocycles. The summed E-state index contributed by atoms with van der Waals surface area (Å²) >= 11 is 0. The summed E-state index contributed by atoms with van der Waals surface area (Å²) in [4.78, 5) is 28.7. The molecule has 2 heterocycles. The van der Waals surface area contributed by atoms with Crippen LogP contribution in [0, 0.1) is 63.7 Å². The molecule has 148 valence electrons. The molecule has 10 radical (unpaired) electrons. The number of fused-ring (bicyclic) bond motifs is 3. The SMILES string of the molecule is O=C(C[C]1[CH][CH][CH][CH]1)N1CC(=O)N2CCc3ccccc3C2C1.[CH]1[CH][CH][CH][CH]1.[Fe+2]. The zero-order valence-corrected chi connectivity index (χ0v) is 17.3. The van der Waals surface area contributed by atoms with Gasteiger partial charge in [-0.05, 0) is 81.3 Å². The van der Waals surface area contributed by atoms with E-state index in [1.54, 1.807) is 4.90 Å². The number of benzene rings is 1. The van der Waals surface area contributed by atoms with E-state index >= 15 is 0 Å². The fraction of sp³-hybridized carbons (Fsp3) is 0.250. The first kappa shape index (κ1) is 22.4. The molecule has 3 fully saturated rings. The fourth-order valence-electron chi connectivity index (χ4n) is 4.00. The second-order valence-corrected chi connectivity index (χ2v) is 7.26. The molecule has 2 saturated carbocycles. The summed E-state index contributed by atoms with van der Waals surface area (Å²) < 4.78 is 0. The van der Waals surface area contributed by atoms with Crippen LogP contribution in [0.15, 0.2) is 24.3 Å². The van der Waals surface area contributed by atoms with E-state index in [9.17, 15) is 9.59 Å². The Bertz CT molecular complexity index is 690. The van der Waals surface area contributed by atoms with Gasteiger partial charge in [-0.2, -0.15) is 0 Å². The molecule has 5 heteroatoms. The van der Waals surface area contributed by atoms with E-state index in [2.05, 4.69) is 12.1 Å². The van der Waals surface area contributed by atoms with Crippen molar-refractivity contribution in [1.82, 2.24) is 9.80 Å². The molecule has 5 rings (SSSR count). The third-order valence-corrected chi connectivity index (χ3v) is 5.45. The van der Waals surface area contributed by atoms with Gasteiger partial charge in [-0.1, -0.05) is 24.3 Å². The van der Waals surface area contributed by atoms with Crippen LogP contribution in [0.1, 0.15) is 23.6 Å². The molecule has 2 aliphatic carbocycles. The van der Waals surface area contributed by atoms with E-state index in [0.717, 1.165) is 18.9 Å². The Hall–Kier alpha value is -1.32. The van der Waals surface area contributed by atoms with E-state index in [0.29, 0.717) is 13.0 Å². The van der Waals surface area contributed by atoms with Gasteiger partial charge < -0.3 is 9.80 Å². The quantitative estimate of drug-likeness (QED) is 0.680. The van der Waals surface area contributed by atoms with Gasteiger partial charge in [0.15, 0.2) is 0 Å². The number of carbonyl (C=O) groups is 2. The summed E-state index contributed by atoms with van der Waals surface area (Å²) in [5.41, 5.74) is 2.49. The molecular formula is C24H24FeN2O2+2. The maximum absolute atomic E-state index is 12.6. The van der Waals surface area contributed by atoms with Crippen LogP contribution in [0.5, 0.6) is 0 Å². The summed E-state index contributed by atoms with van der Waals surface area (Å²) in [7, 11) is 0. The molecule has 0 N–H and O–H groups in total. The largest absolute Gasteiger partial charge is 2.00 e. The zero-order chi connectivity index (χ0) is 19.3. The zero-order valence-electron chi connectivity index (χ0n) is 16.2. The number of rotatable bonds is 2. The van der Waals surface area contributed by atoms with Crippen LogP contribution in [0.3, 0.4) is 0 Å². The first-order valence-corrected chi connectivity index (χ1v) is 9.74. The Morgan fingerprint density at radius 2 is 1.62 bits per heavy atom. The van der Waals surface area contributed by atoms with E-state index in [4.69, 9.17) is 0 Å². The van der Waals surface area contributed by atoms with Crippen LogP contribution in [0.4, 0.5) is 0 Å². The van der Waals surface area contributed by atoms with Crippen LogP contribution < -0.4 is 0 Å². The molecule has 0 aromatic heterocycles. The fourth-order valence-corrected chi connectivity index (χ4v) is 4.00. The van der Waals surface area contributed by atoms with Gasteiger partial charge >= 0.3 is 17.1 Å². The van der Waals surface area contributed by atoms with Crippen molar-refractivity contribution >= 4 is 11.8 Å². The predicted octanol–water partition coefficient (Wildman–Crippen LogP) is 2.77. The van der Waals surface area contributed by atoms with E-state index < -0.39 is 0 Å². The third kappa shape index (κ3) is 5.44. The van der Waals surface area contributed by atoms with Crippen molar-refractivity contribution in [2.75, 3.05) is 19.6 Å². The number of hydrogen-bond acceptors (Lipinski definition) is 2. The van der Waals surface area contributed by atoms with Crippen LogP contribution in [-0.2, 0) is 33.1 Å². The average Bonchev–Trinajstić information content (AvgIpc) is 3.44. The van der Waals surface area contributed by atoms with Crippen molar-refractivity contribution < 1.29 is 26.7 Å². The summed E-state index contributed by atoms with van der Waals surface area (Å²) in [5, 5.41) is 0. The number of piperazine rings is 1. The molecule has 4 nitrogen and oxygen atoms in total. The molecule has 1 unspecified atom stereocenters. The molecule has 1 aromatic rings. The Balaban J connectivity index is 0.000000352. The minimum atomic E-state index is 0. The van der Waals surface area contributed by atoms with Crippen molar-refractivity contribution in [2.45, 2.75) is 18.9 Å². The molecule has 0 spiro atoms. The van der Waals surface area contributed by atoms with Gasteiger partial charge in [0.2, 0.25) is 11.8 Å². The predicted molar refractivity (Wildman–Crippen MR) is 108 cm³/mol. The maximum atomic E-state index is 12.6. The topological polar surface area (TPSA) is 40.6 Å². The molecule has 2 aliphatic heterocycles. The molecule has 0 bridgehead atoms. The number of hydrogen-bond donors (Lipinski definition) is 0. The first-order valence-electron chi connectivity index (χ1n) is 9.74. The second kappa shape index (κ2) is 10.6. The van der Waals surface area contributed by atoms with E-state index in [-0.39, 0.29) is 41.5 Å². The normalized spacial score (nSPS) is 23.6. The van der Waals surface area contributed by atoms with Crippen LogP contribution in [-0.4, -0.2) is 41.2 Å². The standard InChI is InChI=1S/C19H19N2O2.C5H5.Fe/c22-18(11-14-5-1-2-6-14)20-12-17-16-8-4-3-7-15(16)9-10-21(17)19(23)13-20;1-2-4-5-3-1;/h1-8,17H,9-13H2;1-5H;/q;;+2. The van der Waals surface area contributed by atoms with Crippen molar-refractivity contribution in [3.8, 4) is 0 Å². The summed E-state index contributed by atoms with van der Waals surface area (Å²) in [6.07, 6.45) is 19.0. The third-order valence-electron chi connectivity index (χ3n) is 5.45. The Morgan fingerprint density at radius 3 is 2.31 bits per heavy atom. The minimum Gasteiger partial charge on any atom is -0.332 e. The van der Waals surface area contributed by atoms with Crippen molar-refractivity contribution in [1.29, 1.82) is 0 Å². The van der Waals surface area contributed by atoms with Crippen LogP contribution >= 0.6 is 0 Å². The maximum Gasteiger partial charge on any atom is 2.00 e. The van der Waals surface area contributed by atoms with Gasteiger partial charge in [-0.3, -0.25) is 9.59 Å². The summed E-state index contributed by atoms with van der Waals surface area (Å²) in [5.74, 6) is 1.10. The monoisotopic (exact) mass is 428 g/mol. The van der Waals surface area contributed by atoms with Gasteiger partial charge in [0.05, 0.1) is 12.6 Å². The van der Waals surface area contributed by atoms with Gasteiger partial charge in [0, 0.05) is 19.5 Å². The number of nitrogens with zero attached hydrogens (tertiary/aromatic N) is 2. The van der Waals surface area contributed by atoms with Gasteiger partial charge in [-0.25, -0.2) is 0 Å². The smallest absolute Gasteiger partial charge is 0.332 e. The molecule has 1 saturated heterocycles. The molecule has 2 amide bonds. The Labute approximate surface area is 185 Å². The second-order valence-electron chi connectivity index (χ2n) is 7.26. The van der Waals surface area contributed by atoms with Crippen molar-refractivity contribution in [2.24, 2.45) is 0 Å². The van der Waals surface area contributed by atoms with Gasteiger partial charge in [0.1, 0.15) is 0 Å². The van der Waals surface area contributed by atoms with E-state index in [1.165, 1.54) is 11.1 Å². The summed E-state index contributed by atoms with van der Waals surface area (Å²) in [6, 6.07) is 8.27. The molecule has 1 atom stereocenters. The average molecular weight is 428 g/mol. The van der Waals surface area contributed by atoms with Crippen LogP contribution in [0.2, 0.25) is 0 Å². The number of carbonyl (C=O) groups excluding carboxylic acids is 2. The minimum absolute atomic E-state index is 0. The Morgan fingerprint density at radius 1 is 0.966 bits per heavy atom. The van der Waals surface area contributed by atoms with E-state index in [1.807, 2.05) is 74.8 Å². The summed E-state index contributed by atoms with van der Waals surface area (Å²) in [6.45, 7) is 1.56. The first-order chi connectivity index (χ1) is 13.7. The van der Waals surface area contributed by atoms with Gasteiger partial charge in [0.25, 0.3) is 0 Å². The Kier molecular flexibility index (Phi) is 8.20. The van der Waals surface area contributed by atoms with Crippen molar-refractivity contribution in [3.63, 3.8) is 0 Å². The molecule has 4 aliphatic rings. The number of amides is 2. The van der Waals surface area contributed by atoms with Crippen molar-refractivity contribution in [3.05, 3.63) is 99.1 Å². The van der Waals surface area contributed by atoms with Gasteiger partial charge in [-0.15, -0.1) is 0 Å².